The van der Waals surface area contributed by atoms with E-state index in [9.17, 15) is 38.1 Å². The molecular weight excluding hydrogens is 492 g/mol. The van der Waals surface area contributed by atoms with Gasteiger partial charge in [0, 0.05) is 59.8 Å². The molecule has 13 heteroatoms. The van der Waals surface area contributed by atoms with E-state index in [0.29, 0.717) is 10.3 Å². The second-order valence-electron chi connectivity index (χ2n) is 8.14. The number of rotatable bonds is 10. The maximum Gasteiger partial charge on any atom is 0.409 e. The number of hydrogen-bond acceptors (Lipinski definition) is 8. The molecule has 0 aliphatic heterocycles. The number of carboxylic acid groups (broad SMARTS) is 1. The minimum absolute atomic E-state index is 0. The summed E-state index contributed by atoms with van der Waals surface area (Å²) in [5.74, 6) is -2.81. The maximum absolute atomic E-state index is 13.5. The monoisotopic (exact) mass is 519 g/mol. The molecule has 0 unspecified atom stereocenters. The number of nitrogens with zero attached hydrogens (tertiary/aromatic N) is 3. The van der Waals surface area contributed by atoms with Crippen molar-refractivity contribution in [2.45, 2.75) is 44.8 Å². The number of carbonyl (C=O) groups is 1. The summed E-state index contributed by atoms with van der Waals surface area (Å²) in [5, 5.41) is 43.8. The fourth-order valence-corrected chi connectivity index (χ4v) is 3.68. The van der Waals surface area contributed by atoms with Gasteiger partial charge in [0.25, 0.3) is 10.0 Å². The van der Waals surface area contributed by atoms with Crippen LogP contribution in [0.25, 0.3) is 17.3 Å². The molecule has 1 radical (unpaired) electrons. The van der Waals surface area contributed by atoms with Gasteiger partial charge in [-0.05, 0) is 30.3 Å². The number of aliphatic carboxylic acids is 1. The number of aromatic nitrogens is 2. The molecule has 2 atom stereocenters. The number of hydrogen-bond donors (Lipinski definition) is 2. The fraction of sp³-hybridized carbons (Fsp3) is 0.409. The Hall–Kier alpha value is -2.09. The second kappa shape index (κ2) is 12.7. The van der Waals surface area contributed by atoms with E-state index in [1.165, 1.54) is 43.5 Å². The first-order valence-electron chi connectivity index (χ1n) is 10.3. The minimum atomic E-state index is -3.84. The molecule has 1 aromatic heterocycles. The molecule has 0 aliphatic rings. The van der Waals surface area contributed by atoms with Crippen LogP contribution in [0.3, 0.4) is 0 Å². The van der Waals surface area contributed by atoms with Crippen LogP contribution in [0.5, 0.6) is 0 Å². The van der Waals surface area contributed by atoms with Gasteiger partial charge in [0.05, 0.1) is 36.8 Å². The second-order valence-corrected chi connectivity index (χ2v) is 10.2. The quantitative estimate of drug-likeness (QED) is 0.251. The van der Waals surface area contributed by atoms with E-state index < -0.39 is 52.3 Å². The number of aliphatic hydroxyl groups is 2. The Labute approximate surface area is 225 Å². The number of benzene rings is 1. The number of carbonyl (C=O) groups excluding carboxylic acids is 1. The van der Waals surface area contributed by atoms with Crippen LogP contribution in [-0.4, -0.2) is 84.7 Å². The van der Waals surface area contributed by atoms with Crippen molar-refractivity contribution in [1.29, 1.82) is 0 Å². The van der Waals surface area contributed by atoms with E-state index in [2.05, 4.69) is 4.98 Å². The van der Waals surface area contributed by atoms with Crippen molar-refractivity contribution in [1.82, 2.24) is 4.98 Å². The molecule has 2 N–H and O–H groups in total. The summed E-state index contributed by atoms with van der Waals surface area (Å²) in [4.78, 5) is 14.9. The average molecular weight is 520 g/mol. The molecule has 187 valence electrons. The summed E-state index contributed by atoms with van der Waals surface area (Å²) >= 11 is 0. The van der Waals surface area contributed by atoms with E-state index in [4.69, 9.17) is 0 Å². The van der Waals surface area contributed by atoms with Gasteiger partial charge < -0.3 is 25.3 Å². The Kier molecular flexibility index (Phi) is 11.3. The van der Waals surface area contributed by atoms with E-state index in [1.54, 1.807) is 13.8 Å². The van der Waals surface area contributed by atoms with E-state index >= 15 is 0 Å². The Bertz CT molecular complexity index is 1170. The van der Waals surface area contributed by atoms with Gasteiger partial charge in [-0.3, -0.25) is 0 Å². The predicted molar refractivity (Wildman–Crippen MR) is 127 cm³/mol. The predicted octanol–water partition coefficient (Wildman–Crippen LogP) is -0.0754. The van der Waals surface area contributed by atoms with Gasteiger partial charge in [0.2, 0.25) is 0 Å². The van der Waals surface area contributed by atoms with Crippen molar-refractivity contribution < 1.29 is 37.7 Å². The largest absolute Gasteiger partial charge is 0.740 e. The van der Waals surface area contributed by atoms with Gasteiger partial charge in [-0.15, -0.1) is 0 Å². The molecule has 0 spiro atoms. The molecule has 35 heavy (non-hydrogen) atoms. The van der Waals surface area contributed by atoms with Gasteiger partial charge in [-0.25, -0.2) is 9.12 Å². The zero-order valence-electron chi connectivity index (χ0n) is 20.2. The van der Waals surface area contributed by atoms with Gasteiger partial charge in [-0.1, -0.05) is 24.9 Å². The summed E-state index contributed by atoms with van der Waals surface area (Å²) in [5.41, 5.74) is 0.937. The van der Waals surface area contributed by atoms with Crippen LogP contribution in [-0.2, 0) is 14.8 Å². The van der Waals surface area contributed by atoms with E-state index in [-0.39, 0.29) is 52.9 Å². The summed E-state index contributed by atoms with van der Waals surface area (Å²) in [6, 6.07) is 5.20. The zero-order chi connectivity index (χ0) is 25.8. The number of aliphatic hydroxyl groups excluding tert-OH is 2. The van der Waals surface area contributed by atoms with Gasteiger partial charge >= 0.3 is 5.95 Å². The van der Waals surface area contributed by atoms with E-state index in [0.717, 1.165) is 10.6 Å². The Morgan fingerprint density at radius 3 is 2.31 bits per heavy atom. The zero-order valence-corrected chi connectivity index (χ0v) is 23.0. The van der Waals surface area contributed by atoms with Gasteiger partial charge in [-0.2, -0.15) is 12.7 Å². The number of carboxylic acids is 1. The first kappa shape index (κ1) is 30.9. The van der Waals surface area contributed by atoms with Crippen molar-refractivity contribution >= 4 is 57.6 Å². The molecule has 2 rings (SSSR count). The van der Waals surface area contributed by atoms with Crippen molar-refractivity contribution in [3.05, 3.63) is 52.6 Å². The van der Waals surface area contributed by atoms with Crippen LogP contribution in [0, 0.1) is 11.0 Å². The molecule has 0 fully saturated rings. The van der Waals surface area contributed by atoms with Crippen LogP contribution in [0.15, 0.2) is 30.3 Å². The standard InChI is InChI=1S/C22H28FN3O7S.Na/c1-13(2)21-18(10-9-16(27)11-17(28)12-19(29)30)20(14-5-7-15(23)8-6-14)24-22(26(21)31)25(3)34(4,32)33;/h5-10,13,16-17,27-28H,11-12H2,1-4H3,(H,29,30);/p-1/b10-9+;/t16-,17-;/m1./s1. The summed E-state index contributed by atoms with van der Waals surface area (Å²) in [6.07, 6.45) is -0.00790. The minimum Gasteiger partial charge on any atom is -0.740 e. The Balaban J connectivity index is 0.00000612. The first-order chi connectivity index (χ1) is 15.7. The molecule has 1 heterocycles. The van der Waals surface area contributed by atoms with Crippen molar-refractivity contribution in [3.63, 3.8) is 0 Å². The van der Waals surface area contributed by atoms with Crippen LogP contribution in [0.2, 0.25) is 0 Å². The van der Waals surface area contributed by atoms with Crippen LogP contribution in [0.4, 0.5) is 10.3 Å². The molecule has 0 bridgehead atoms. The third-order valence-corrected chi connectivity index (χ3v) is 6.15. The molecule has 0 saturated carbocycles. The number of halogens is 1. The smallest absolute Gasteiger partial charge is 0.409 e. The SMILES string of the molecule is CC(C)c1c(/C=C/[C@@H](O)C[C@@H](O)CC(=O)[O-])c(-c2ccc(F)cc2)nc(N(C)S(C)(=O)=O)[n+]1[O-].[Na]. The Morgan fingerprint density at radius 2 is 1.83 bits per heavy atom. The maximum atomic E-state index is 13.5. The third kappa shape index (κ3) is 8.23. The summed E-state index contributed by atoms with van der Waals surface area (Å²) < 4.78 is 38.9. The first-order valence-corrected chi connectivity index (χ1v) is 12.2. The third-order valence-electron chi connectivity index (χ3n) is 4.99. The average Bonchev–Trinajstić information content (AvgIpc) is 2.70. The molecule has 1 aromatic carbocycles. The molecule has 0 saturated heterocycles. The Morgan fingerprint density at radius 1 is 1.26 bits per heavy atom. The van der Waals surface area contributed by atoms with Crippen LogP contribution < -0.4 is 14.1 Å². The number of sulfonamides is 1. The summed E-state index contributed by atoms with van der Waals surface area (Å²) in [6.45, 7) is 3.42. The van der Waals surface area contributed by atoms with Crippen molar-refractivity contribution in [2.24, 2.45) is 0 Å². The van der Waals surface area contributed by atoms with Gasteiger partial charge in [0.1, 0.15) is 5.82 Å². The van der Waals surface area contributed by atoms with Crippen LogP contribution in [0.1, 0.15) is 43.9 Å². The van der Waals surface area contributed by atoms with Crippen molar-refractivity contribution in [2.75, 3.05) is 17.6 Å². The molecule has 0 amide bonds. The molecule has 2 aromatic rings. The normalized spacial score (nSPS) is 13.5. The summed E-state index contributed by atoms with van der Waals surface area (Å²) in [7, 11) is -2.65. The molecule has 10 nitrogen and oxygen atoms in total. The molecule has 0 aliphatic carbocycles. The van der Waals surface area contributed by atoms with Crippen LogP contribution >= 0.6 is 0 Å². The fourth-order valence-electron chi connectivity index (χ4n) is 3.27. The molecular formula is C22H27FN3NaO7S-. The van der Waals surface area contributed by atoms with Crippen molar-refractivity contribution in [3.8, 4) is 11.3 Å². The van der Waals surface area contributed by atoms with Gasteiger partial charge in [0.15, 0.2) is 5.69 Å². The van der Waals surface area contributed by atoms with E-state index in [1.807, 2.05) is 0 Å². The number of anilines is 1. The topological polar surface area (TPSA) is 158 Å².